The molecule has 0 radical (unpaired) electrons. The van der Waals surface area contributed by atoms with Crippen LogP contribution in [-0.4, -0.2) is 24.9 Å². The summed E-state index contributed by atoms with van der Waals surface area (Å²) in [6.07, 6.45) is 26.9. The van der Waals surface area contributed by atoms with Crippen molar-refractivity contribution in [3.05, 3.63) is 186 Å². The van der Waals surface area contributed by atoms with Crippen LogP contribution in [0.3, 0.4) is 0 Å². The predicted octanol–water partition coefficient (Wildman–Crippen LogP) is 12.0. The van der Waals surface area contributed by atoms with E-state index in [9.17, 15) is 0 Å². The Balaban J connectivity index is 1.25. The zero-order chi connectivity index (χ0) is 34.0. The van der Waals surface area contributed by atoms with Gasteiger partial charge in [-0.1, -0.05) is 164 Å². The Bertz CT molecular complexity index is 2160. The van der Waals surface area contributed by atoms with Crippen LogP contribution in [0.2, 0.25) is 0 Å². The molecule has 0 aliphatic heterocycles. The fourth-order valence-electron chi connectivity index (χ4n) is 6.72. The van der Waals surface area contributed by atoms with Gasteiger partial charge in [-0.3, -0.25) is 4.99 Å². The Morgan fingerprint density at radius 3 is 1.72 bits per heavy atom. The summed E-state index contributed by atoms with van der Waals surface area (Å²) in [4.78, 5) is 14.4. The van der Waals surface area contributed by atoms with Gasteiger partial charge in [0.05, 0.1) is 6.54 Å². The van der Waals surface area contributed by atoms with Gasteiger partial charge >= 0.3 is 0 Å². The van der Waals surface area contributed by atoms with Crippen molar-refractivity contribution in [2.75, 3.05) is 6.54 Å². The lowest BCUT2D eigenvalue weighted by molar-refractivity contribution is 0.994. The molecule has 244 valence electrons. The number of hydrogen-bond acceptors (Lipinski definition) is 1. The Morgan fingerprint density at radius 2 is 1.08 bits per heavy atom. The van der Waals surface area contributed by atoms with Gasteiger partial charge in [-0.15, -0.1) is 0 Å². The third-order valence-electron chi connectivity index (χ3n) is 9.23. The van der Waals surface area contributed by atoms with Crippen LogP contribution in [0.25, 0.3) is 39.0 Å². The predicted molar refractivity (Wildman–Crippen MR) is 215 cm³/mol. The van der Waals surface area contributed by atoms with E-state index in [4.69, 9.17) is 9.98 Å². The molecule has 0 spiro atoms. The minimum Gasteiger partial charge on any atom is -0.261 e. The second-order valence-corrected chi connectivity index (χ2v) is 12.5. The van der Waals surface area contributed by atoms with Crippen LogP contribution in [0, 0.1) is 0 Å². The van der Waals surface area contributed by atoms with E-state index in [0.29, 0.717) is 18.2 Å². The van der Waals surface area contributed by atoms with E-state index in [-0.39, 0.29) is 0 Å². The molecule has 0 saturated heterocycles. The van der Waals surface area contributed by atoms with Crippen molar-refractivity contribution in [2.45, 2.75) is 32.1 Å². The van der Waals surface area contributed by atoms with Gasteiger partial charge in [-0.2, -0.15) is 0 Å². The highest BCUT2D eigenvalue weighted by Gasteiger charge is 2.17. The number of rotatable bonds is 8. The van der Waals surface area contributed by atoms with Crippen LogP contribution >= 0.6 is 0 Å². The Hall–Kier alpha value is -5.93. The second-order valence-electron chi connectivity index (χ2n) is 12.5. The van der Waals surface area contributed by atoms with E-state index in [0.717, 1.165) is 43.3 Å². The third-order valence-corrected chi connectivity index (χ3v) is 9.23. The highest BCUT2D eigenvalue weighted by Crippen LogP contribution is 2.40. The highest BCUT2D eigenvalue weighted by atomic mass is 15.0. The van der Waals surface area contributed by atoms with E-state index in [1.165, 1.54) is 50.1 Å². The van der Waals surface area contributed by atoms with Gasteiger partial charge in [-0.05, 0) is 88.9 Å². The van der Waals surface area contributed by atoms with Gasteiger partial charge in [0, 0.05) is 11.1 Å². The lowest BCUT2D eigenvalue weighted by Crippen LogP contribution is -2.08. The van der Waals surface area contributed by atoms with Crippen LogP contribution in [0.15, 0.2) is 196 Å². The van der Waals surface area contributed by atoms with Gasteiger partial charge < -0.3 is 0 Å². The lowest BCUT2D eigenvalue weighted by atomic mass is 9.86. The Kier molecular flexibility index (Phi) is 10.4. The first-order valence-corrected chi connectivity index (χ1v) is 17.5. The van der Waals surface area contributed by atoms with Gasteiger partial charge in [0.25, 0.3) is 0 Å². The van der Waals surface area contributed by atoms with E-state index >= 15 is 0 Å². The summed E-state index contributed by atoms with van der Waals surface area (Å²) < 4.78 is 0. The number of nitrogens with zero attached hydrogens (tertiary/aromatic N) is 3. The Labute approximate surface area is 296 Å². The molecular formula is C47H41N3. The standard InChI is InChI=1S/C47H41N3/c1-48-46(38-22-9-4-10-23-38)50-47(49-34-35-18-5-2-6-19-35)39-25-17-24-37(32-33-39)41-27-12-14-29-43(41)45-31-16-15-30-44(45)42-28-13-11-26-40(42)36-20-7-3-8-21-36/h3,5,7-9,11-16,18-33H,1-2,4,6,10,17,34H2. The van der Waals surface area contributed by atoms with E-state index in [1.54, 1.807) is 0 Å². The van der Waals surface area contributed by atoms with Crippen molar-refractivity contribution in [3.8, 4) is 33.4 Å². The van der Waals surface area contributed by atoms with E-state index < -0.39 is 0 Å². The van der Waals surface area contributed by atoms with Crippen molar-refractivity contribution in [1.29, 1.82) is 0 Å². The third kappa shape index (κ3) is 7.53. The highest BCUT2D eigenvalue weighted by molar-refractivity contribution is 6.14. The fraction of sp³-hybridized carbons (Fsp3) is 0.128. The number of benzene rings is 4. The molecule has 0 heterocycles. The molecule has 3 nitrogen and oxygen atoms in total. The zero-order valence-electron chi connectivity index (χ0n) is 28.4. The summed E-state index contributed by atoms with van der Waals surface area (Å²) in [6.45, 7) is 4.44. The molecule has 4 aromatic rings. The number of allylic oxidation sites excluding steroid dienone is 8. The van der Waals surface area contributed by atoms with Crippen LogP contribution < -0.4 is 0 Å². The van der Waals surface area contributed by atoms with Crippen molar-refractivity contribution in [3.63, 3.8) is 0 Å². The molecule has 3 aliphatic rings. The molecule has 4 aromatic carbocycles. The monoisotopic (exact) mass is 647 g/mol. The van der Waals surface area contributed by atoms with Crippen molar-refractivity contribution in [2.24, 2.45) is 15.0 Å². The fourth-order valence-corrected chi connectivity index (χ4v) is 6.72. The first-order chi connectivity index (χ1) is 24.8. The molecule has 7 rings (SSSR count). The normalized spacial score (nSPS) is 16.2. The van der Waals surface area contributed by atoms with Gasteiger partial charge in [0.2, 0.25) is 0 Å². The summed E-state index contributed by atoms with van der Waals surface area (Å²) in [7, 11) is 0. The largest absolute Gasteiger partial charge is 0.261 e. The molecule has 0 bridgehead atoms. The maximum Gasteiger partial charge on any atom is 0.160 e. The second kappa shape index (κ2) is 16.0. The average Bonchev–Trinajstić information content (AvgIpc) is 3.46. The number of aliphatic imine (C=N–C) groups is 3. The number of amidine groups is 2. The van der Waals surface area contributed by atoms with Crippen LogP contribution in [0.4, 0.5) is 0 Å². The number of hydrogen-bond donors (Lipinski definition) is 0. The van der Waals surface area contributed by atoms with Gasteiger partial charge in [-0.25, -0.2) is 9.98 Å². The first kappa shape index (κ1) is 32.6. The van der Waals surface area contributed by atoms with Crippen LogP contribution in [-0.2, 0) is 0 Å². The zero-order valence-corrected chi connectivity index (χ0v) is 28.4. The molecule has 0 N–H and O–H groups in total. The SMILES string of the molecule is C=NC(=NC(=NCC1=CCCC=C1)C1=CCC=C(c2ccccc2-c2ccccc2-c2ccccc2-c2ccccc2)C=C1)C1=CCCC=C1. The first-order valence-electron chi connectivity index (χ1n) is 17.5. The molecule has 3 aliphatic carbocycles. The topological polar surface area (TPSA) is 37.1 Å². The molecular weight excluding hydrogens is 607 g/mol. The average molecular weight is 648 g/mol. The molecule has 50 heavy (non-hydrogen) atoms. The van der Waals surface area contributed by atoms with Crippen LogP contribution in [0.5, 0.6) is 0 Å². The summed E-state index contributed by atoms with van der Waals surface area (Å²) >= 11 is 0. The summed E-state index contributed by atoms with van der Waals surface area (Å²) in [5, 5.41) is 0. The molecule has 0 saturated carbocycles. The maximum atomic E-state index is 5.06. The minimum absolute atomic E-state index is 0.574. The van der Waals surface area contributed by atoms with Crippen molar-refractivity contribution < 1.29 is 0 Å². The van der Waals surface area contributed by atoms with Crippen molar-refractivity contribution in [1.82, 2.24) is 0 Å². The van der Waals surface area contributed by atoms with E-state index in [2.05, 4.69) is 176 Å². The minimum atomic E-state index is 0.574. The van der Waals surface area contributed by atoms with E-state index in [1.807, 2.05) is 0 Å². The molecule has 0 atom stereocenters. The Morgan fingerprint density at radius 1 is 0.500 bits per heavy atom. The maximum absolute atomic E-state index is 5.06. The summed E-state index contributed by atoms with van der Waals surface area (Å²) in [6, 6.07) is 36.8. The molecule has 0 aromatic heterocycles. The molecule has 3 heteroatoms. The van der Waals surface area contributed by atoms with Crippen LogP contribution in [0.1, 0.15) is 37.7 Å². The van der Waals surface area contributed by atoms with Gasteiger partial charge in [0.1, 0.15) is 0 Å². The quantitative estimate of drug-likeness (QED) is 0.135. The molecule has 0 amide bonds. The molecule has 0 unspecified atom stereocenters. The van der Waals surface area contributed by atoms with Gasteiger partial charge in [0.15, 0.2) is 11.7 Å². The summed E-state index contributed by atoms with van der Waals surface area (Å²) in [5.74, 6) is 1.28. The summed E-state index contributed by atoms with van der Waals surface area (Å²) in [5.41, 5.74) is 12.8. The lowest BCUT2D eigenvalue weighted by Gasteiger charge is -2.17. The molecule has 0 fully saturated rings. The smallest absolute Gasteiger partial charge is 0.160 e. The van der Waals surface area contributed by atoms with Crippen molar-refractivity contribution >= 4 is 24.0 Å².